The van der Waals surface area contributed by atoms with Crippen LogP contribution in [0.4, 0.5) is 0 Å². The standard InChI is InChI=1S/C27H42.CH2N2/c1-3-5-6-7-8-9-10-11-12-17-23-27(22-4-2)24-18-16-21-26(27)25-19-14-13-15-20-25;2-1-3/h13-16,18-21,24,26H,3-12,17,22-23H2,1-2H3;2-3H. The Morgan fingerprint density at radius 3 is 1.87 bits per heavy atom. The molecular formula is C28H44N2. The first-order valence-electron chi connectivity index (χ1n) is 12.2. The molecule has 2 N–H and O–H groups in total. The highest BCUT2D eigenvalue weighted by Gasteiger charge is 2.35. The Balaban J connectivity index is 0.00000141. The molecule has 166 valence electrons. The number of benzene rings is 1. The molecule has 0 saturated carbocycles. The molecule has 0 fully saturated rings. The molecule has 1 aromatic carbocycles. The first kappa shape index (κ1) is 26.1. The lowest BCUT2D eigenvalue weighted by Crippen LogP contribution is -2.27. The van der Waals surface area contributed by atoms with Crippen LogP contribution in [0.3, 0.4) is 0 Å². The molecule has 0 bridgehead atoms. The lowest BCUT2D eigenvalue weighted by Gasteiger charge is -2.39. The van der Waals surface area contributed by atoms with E-state index in [1.54, 1.807) is 0 Å². The van der Waals surface area contributed by atoms with Crippen molar-refractivity contribution < 1.29 is 0 Å². The van der Waals surface area contributed by atoms with E-state index >= 15 is 0 Å². The van der Waals surface area contributed by atoms with E-state index < -0.39 is 0 Å². The number of allylic oxidation sites excluding steroid dienone is 4. The van der Waals surface area contributed by atoms with Crippen LogP contribution in [0, 0.1) is 16.2 Å². The molecule has 0 saturated heterocycles. The van der Waals surface area contributed by atoms with E-state index in [2.05, 4.69) is 68.5 Å². The first-order valence-corrected chi connectivity index (χ1v) is 12.2. The average molecular weight is 409 g/mol. The van der Waals surface area contributed by atoms with Crippen molar-refractivity contribution in [1.29, 1.82) is 10.8 Å². The second kappa shape index (κ2) is 16.8. The van der Waals surface area contributed by atoms with Crippen LogP contribution in [0.1, 0.15) is 109 Å². The summed E-state index contributed by atoms with van der Waals surface area (Å²) in [5, 5.41) is 11.2. The summed E-state index contributed by atoms with van der Waals surface area (Å²) in [6, 6.07) is 12.4. The minimum absolute atomic E-state index is 0.324. The number of rotatable bonds is 14. The second-order valence-corrected chi connectivity index (χ2v) is 8.67. The van der Waals surface area contributed by atoms with Crippen molar-refractivity contribution in [2.45, 2.75) is 103 Å². The van der Waals surface area contributed by atoms with Crippen LogP contribution in [0.25, 0.3) is 0 Å². The van der Waals surface area contributed by atoms with Gasteiger partial charge in [0.1, 0.15) is 0 Å². The Morgan fingerprint density at radius 2 is 1.30 bits per heavy atom. The molecule has 0 aromatic heterocycles. The molecule has 30 heavy (non-hydrogen) atoms. The summed E-state index contributed by atoms with van der Waals surface area (Å²) in [4.78, 5) is 0. The van der Waals surface area contributed by atoms with Gasteiger partial charge in [0.2, 0.25) is 0 Å². The van der Waals surface area contributed by atoms with Crippen LogP contribution in [-0.2, 0) is 0 Å². The molecule has 2 rings (SSSR count). The van der Waals surface area contributed by atoms with Crippen LogP contribution < -0.4 is 0 Å². The van der Waals surface area contributed by atoms with Crippen LogP contribution in [0.5, 0.6) is 0 Å². The summed E-state index contributed by atoms with van der Waals surface area (Å²) >= 11 is 0. The molecule has 2 heteroatoms. The highest BCUT2D eigenvalue weighted by atomic mass is 14.4. The monoisotopic (exact) mass is 408 g/mol. The van der Waals surface area contributed by atoms with E-state index in [9.17, 15) is 0 Å². The maximum absolute atomic E-state index is 5.62. The Morgan fingerprint density at radius 1 is 0.733 bits per heavy atom. The third-order valence-corrected chi connectivity index (χ3v) is 6.33. The van der Waals surface area contributed by atoms with Gasteiger partial charge >= 0.3 is 0 Å². The molecule has 0 heterocycles. The number of hydrogen-bond donors (Lipinski definition) is 2. The van der Waals surface area contributed by atoms with Gasteiger partial charge in [0, 0.05) is 5.92 Å². The van der Waals surface area contributed by atoms with Crippen molar-refractivity contribution in [3.8, 4) is 0 Å². The van der Waals surface area contributed by atoms with Crippen molar-refractivity contribution in [3.63, 3.8) is 0 Å². The van der Waals surface area contributed by atoms with Crippen LogP contribution in [0.2, 0.25) is 0 Å². The lowest BCUT2D eigenvalue weighted by molar-refractivity contribution is 0.270. The molecular weight excluding hydrogens is 364 g/mol. The number of unbranched alkanes of at least 4 members (excludes halogenated alkanes) is 9. The van der Waals surface area contributed by atoms with Crippen molar-refractivity contribution in [3.05, 3.63) is 60.2 Å². The SMILES string of the molecule is CCCCCCCCCCCCC1(CCC)C=CC=CC1c1ccccc1.N=C=N. The molecule has 0 aliphatic heterocycles. The maximum atomic E-state index is 5.62. The Bertz CT molecular complexity index is 625. The van der Waals surface area contributed by atoms with Gasteiger partial charge < -0.3 is 0 Å². The molecule has 0 spiro atoms. The molecule has 1 aliphatic rings. The van der Waals surface area contributed by atoms with E-state index in [1.165, 1.54) is 95.0 Å². The molecule has 0 amide bonds. The highest BCUT2D eigenvalue weighted by Crippen LogP contribution is 2.48. The quantitative estimate of drug-likeness (QED) is 0.227. The summed E-state index contributed by atoms with van der Waals surface area (Å²) in [6.45, 7) is 4.64. The topological polar surface area (TPSA) is 47.7 Å². The zero-order valence-electron chi connectivity index (χ0n) is 19.5. The molecule has 2 unspecified atom stereocenters. The second-order valence-electron chi connectivity index (χ2n) is 8.67. The van der Waals surface area contributed by atoms with E-state index in [4.69, 9.17) is 10.8 Å². The van der Waals surface area contributed by atoms with Crippen LogP contribution in [-0.4, -0.2) is 6.01 Å². The van der Waals surface area contributed by atoms with E-state index in [0.29, 0.717) is 11.3 Å². The Hall–Kier alpha value is -1.92. The molecule has 2 atom stereocenters. The van der Waals surface area contributed by atoms with Gasteiger partial charge in [0.15, 0.2) is 0 Å². The molecule has 2 nitrogen and oxygen atoms in total. The fourth-order valence-corrected chi connectivity index (χ4v) is 4.83. The zero-order chi connectivity index (χ0) is 21.9. The van der Waals surface area contributed by atoms with Gasteiger partial charge in [-0.15, -0.1) is 0 Å². The van der Waals surface area contributed by atoms with E-state index in [0.717, 1.165) is 0 Å². The van der Waals surface area contributed by atoms with E-state index in [-0.39, 0.29) is 0 Å². The predicted octanol–water partition coefficient (Wildman–Crippen LogP) is 9.31. The summed E-state index contributed by atoms with van der Waals surface area (Å²) in [5.41, 5.74) is 1.81. The van der Waals surface area contributed by atoms with Gasteiger partial charge in [-0.1, -0.05) is 139 Å². The molecule has 1 aromatic rings. The summed E-state index contributed by atoms with van der Waals surface area (Å²) in [6.07, 6.45) is 27.6. The fourth-order valence-electron chi connectivity index (χ4n) is 4.83. The zero-order valence-corrected chi connectivity index (χ0v) is 19.5. The summed E-state index contributed by atoms with van der Waals surface area (Å²) in [5.74, 6) is 0.544. The third kappa shape index (κ3) is 9.72. The molecule has 0 radical (unpaired) electrons. The normalized spacial score (nSPS) is 19.7. The van der Waals surface area contributed by atoms with Crippen molar-refractivity contribution in [2.75, 3.05) is 0 Å². The summed E-state index contributed by atoms with van der Waals surface area (Å²) in [7, 11) is 0. The minimum atomic E-state index is 0.324. The number of nitrogens with one attached hydrogen (secondary N) is 2. The van der Waals surface area contributed by atoms with Gasteiger partial charge in [-0.2, -0.15) is 0 Å². The minimum Gasteiger partial charge on any atom is -0.242 e. The maximum Gasteiger partial charge on any atom is 0.0831 e. The Kier molecular flexibility index (Phi) is 14.7. The van der Waals surface area contributed by atoms with Crippen LogP contribution >= 0.6 is 0 Å². The third-order valence-electron chi connectivity index (χ3n) is 6.33. The highest BCUT2D eigenvalue weighted by molar-refractivity contribution is 5.34. The van der Waals surface area contributed by atoms with Gasteiger partial charge in [0.05, 0.1) is 6.01 Å². The van der Waals surface area contributed by atoms with Crippen molar-refractivity contribution >= 4 is 6.01 Å². The van der Waals surface area contributed by atoms with Gasteiger partial charge in [-0.3, -0.25) is 0 Å². The van der Waals surface area contributed by atoms with Crippen LogP contribution in [0.15, 0.2) is 54.6 Å². The smallest absolute Gasteiger partial charge is 0.0831 e. The number of hydrogen-bond acceptors (Lipinski definition) is 2. The van der Waals surface area contributed by atoms with Crippen molar-refractivity contribution in [1.82, 2.24) is 0 Å². The van der Waals surface area contributed by atoms with Gasteiger partial charge in [-0.25, -0.2) is 10.8 Å². The summed E-state index contributed by atoms with van der Waals surface area (Å²) < 4.78 is 0. The first-order chi connectivity index (χ1) is 14.7. The molecule has 1 aliphatic carbocycles. The van der Waals surface area contributed by atoms with E-state index in [1.807, 2.05) is 0 Å². The predicted molar refractivity (Wildman–Crippen MR) is 132 cm³/mol. The largest absolute Gasteiger partial charge is 0.242 e. The average Bonchev–Trinajstić information content (AvgIpc) is 2.77. The van der Waals surface area contributed by atoms with Gasteiger partial charge in [-0.05, 0) is 23.8 Å². The Labute approximate surface area is 185 Å². The lowest BCUT2D eigenvalue weighted by atomic mass is 9.64. The van der Waals surface area contributed by atoms with Gasteiger partial charge in [0.25, 0.3) is 0 Å². The van der Waals surface area contributed by atoms with Crippen molar-refractivity contribution in [2.24, 2.45) is 5.41 Å². The fraction of sp³-hybridized carbons (Fsp3) is 0.607.